The predicted molar refractivity (Wildman–Crippen MR) is 109 cm³/mol. The van der Waals surface area contributed by atoms with Crippen LogP contribution in [0.3, 0.4) is 0 Å². The van der Waals surface area contributed by atoms with E-state index in [9.17, 15) is 14.4 Å². The van der Waals surface area contributed by atoms with Gasteiger partial charge in [0, 0.05) is 39.6 Å². The molecule has 1 saturated heterocycles. The highest BCUT2D eigenvalue weighted by Gasteiger charge is 2.29. The Balaban J connectivity index is 1.62. The molecule has 2 amide bonds. The van der Waals surface area contributed by atoms with E-state index < -0.39 is 0 Å². The molecule has 3 rings (SSSR count). The van der Waals surface area contributed by atoms with Crippen LogP contribution in [0.25, 0.3) is 11.0 Å². The molecule has 7 heteroatoms. The van der Waals surface area contributed by atoms with Crippen LogP contribution in [0.5, 0.6) is 0 Å². The zero-order chi connectivity index (χ0) is 20.3. The van der Waals surface area contributed by atoms with E-state index in [-0.39, 0.29) is 30.0 Å². The number of aryl methyl sites for hydroxylation is 1. The van der Waals surface area contributed by atoms with Crippen molar-refractivity contribution < 1.29 is 9.59 Å². The van der Waals surface area contributed by atoms with E-state index in [0.717, 1.165) is 30.4 Å². The molecule has 1 aromatic carbocycles. The molecule has 0 unspecified atom stereocenters. The van der Waals surface area contributed by atoms with Gasteiger partial charge in [0.2, 0.25) is 11.8 Å². The van der Waals surface area contributed by atoms with Crippen molar-refractivity contribution >= 4 is 22.8 Å². The van der Waals surface area contributed by atoms with Crippen LogP contribution in [0.15, 0.2) is 29.1 Å². The van der Waals surface area contributed by atoms with Gasteiger partial charge >= 0.3 is 5.69 Å². The lowest BCUT2D eigenvalue weighted by Crippen LogP contribution is -2.45. The molecule has 2 heterocycles. The maximum atomic E-state index is 12.8. The minimum Gasteiger partial charge on any atom is -0.346 e. The zero-order valence-corrected chi connectivity index (χ0v) is 17.1. The van der Waals surface area contributed by atoms with E-state index in [1.807, 2.05) is 36.2 Å². The second-order valence-corrected chi connectivity index (χ2v) is 7.68. The summed E-state index contributed by atoms with van der Waals surface area (Å²) in [4.78, 5) is 41.4. The van der Waals surface area contributed by atoms with Crippen LogP contribution in [0, 0.1) is 5.92 Å². The minimum absolute atomic E-state index is 0.00816. The number of unbranched alkanes of at least 4 members (excludes halogenated alkanes) is 1. The molecule has 152 valence electrons. The van der Waals surface area contributed by atoms with Gasteiger partial charge in [-0.05, 0) is 31.4 Å². The van der Waals surface area contributed by atoms with Gasteiger partial charge in [0.05, 0.1) is 11.0 Å². The molecular weight excluding hydrogens is 356 g/mol. The Morgan fingerprint density at radius 3 is 2.43 bits per heavy atom. The lowest BCUT2D eigenvalue weighted by atomic mass is 9.95. The number of amides is 2. The summed E-state index contributed by atoms with van der Waals surface area (Å²) in [6.07, 6.45) is 3.45. The number of para-hydroxylation sites is 2. The van der Waals surface area contributed by atoms with Crippen molar-refractivity contribution in [2.75, 3.05) is 26.7 Å². The second-order valence-electron chi connectivity index (χ2n) is 7.68. The molecule has 0 aliphatic carbocycles. The Hall–Kier alpha value is -2.57. The van der Waals surface area contributed by atoms with Crippen molar-refractivity contribution in [2.24, 2.45) is 13.0 Å². The van der Waals surface area contributed by atoms with Crippen LogP contribution in [0.4, 0.5) is 0 Å². The molecule has 0 radical (unpaired) electrons. The lowest BCUT2D eigenvalue weighted by Gasteiger charge is -2.33. The third-order valence-corrected chi connectivity index (χ3v) is 5.77. The molecule has 2 aromatic rings. The molecular formula is C21H30N4O3. The van der Waals surface area contributed by atoms with Crippen molar-refractivity contribution in [3.05, 3.63) is 34.7 Å². The van der Waals surface area contributed by atoms with Crippen LogP contribution in [0.2, 0.25) is 0 Å². The van der Waals surface area contributed by atoms with Gasteiger partial charge in [-0.1, -0.05) is 25.5 Å². The van der Waals surface area contributed by atoms with Gasteiger partial charge in [0.15, 0.2) is 0 Å². The van der Waals surface area contributed by atoms with E-state index in [4.69, 9.17) is 0 Å². The summed E-state index contributed by atoms with van der Waals surface area (Å²) in [5.74, 6) is 0.112. The number of imidazole rings is 1. The number of hydrogen-bond donors (Lipinski definition) is 0. The van der Waals surface area contributed by atoms with Crippen molar-refractivity contribution in [2.45, 2.75) is 39.2 Å². The first-order valence-corrected chi connectivity index (χ1v) is 10.1. The fourth-order valence-electron chi connectivity index (χ4n) is 3.94. The van der Waals surface area contributed by atoms with Crippen molar-refractivity contribution in [1.82, 2.24) is 18.9 Å². The highest BCUT2D eigenvalue weighted by Crippen LogP contribution is 2.20. The molecule has 1 aromatic heterocycles. The smallest absolute Gasteiger partial charge is 0.329 e. The number of carbonyl (C=O) groups excluding carboxylic acids is 2. The van der Waals surface area contributed by atoms with Crippen LogP contribution >= 0.6 is 0 Å². The van der Waals surface area contributed by atoms with E-state index in [1.165, 1.54) is 4.57 Å². The molecule has 0 spiro atoms. The largest absolute Gasteiger partial charge is 0.346 e. The Kier molecular flexibility index (Phi) is 6.21. The number of fused-ring (bicyclic) bond motifs is 1. The molecule has 28 heavy (non-hydrogen) atoms. The summed E-state index contributed by atoms with van der Waals surface area (Å²) in [5.41, 5.74) is 1.41. The zero-order valence-electron chi connectivity index (χ0n) is 17.1. The minimum atomic E-state index is -0.183. The topological polar surface area (TPSA) is 67.6 Å². The van der Waals surface area contributed by atoms with E-state index in [2.05, 4.69) is 6.92 Å². The highest BCUT2D eigenvalue weighted by molar-refractivity contribution is 5.82. The van der Waals surface area contributed by atoms with E-state index in [0.29, 0.717) is 25.9 Å². The number of hydrogen-bond acceptors (Lipinski definition) is 3. The Bertz CT molecular complexity index is 906. The number of likely N-dealkylation sites (tertiary alicyclic amines) is 1. The number of carbonyl (C=O) groups is 2. The van der Waals surface area contributed by atoms with Gasteiger partial charge in [0.25, 0.3) is 0 Å². The molecule has 1 fully saturated rings. The standard InChI is InChI=1S/C21H30N4O3/c1-4-5-12-22(2)20(27)16-10-13-24(14-11-16)19(26)15-25-18-9-7-6-8-17(18)23(3)21(25)28/h6-9,16H,4-5,10-15H2,1-3H3. The van der Waals surface area contributed by atoms with Crippen LogP contribution in [-0.4, -0.2) is 57.4 Å². The van der Waals surface area contributed by atoms with Crippen molar-refractivity contribution in [1.29, 1.82) is 0 Å². The fourth-order valence-corrected chi connectivity index (χ4v) is 3.94. The summed E-state index contributed by atoms with van der Waals surface area (Å²) in [6.45, 7) is 4.07. The molecule has 0 bridgehead atoms. The molecule has 0 saturated carbocycles. The van der Waals surface area contributed by atoms with Gasteiger partial charge in [-0.2, -0.15) is 0 Å². The number of nitrogens with zero attached hydrogens (tertiary/aromatic N) is 4. The summed E-state index contributed by atoms with van der Waals surface area (Å²) in [5, 5.41) is 0. The first kappa shape index (κ1) is 20.2. The van der Waals surface area contributed by atoms with Crippen LogP contribution in [0.1, 0.15) is 32.6 Å². The number of piperidine rings is 1. The van der Waals surface area contributed by atoms with Gasteiger partial charge < -0.3 is 9.80 Å². The van der Waals surface area contributed by atoms with Crippen LogP contribution in [-0.2, 0) is 23.2 Å². The molecule has 1 aliphatic rings. The number of benzene rings is 1. The molecule has 1 aliphatic heterocycles. The number of aromatic nitrogens is 2. The summed E-state index contributed by atoms with van der Waals surface area (Å²) < 4.78 is 3.10. The normalized spacial score (nSPS) is 15.2. The Labute approximate surface area is 165 Å². The number of rotatable bonds is 6. The van der Waals surface area contributed by atoms with Gasteiger partial charge in [0.1, 0.15) is 6.54 Å². The highest BCUT2D eigenvalue weighted by atomic mass is 16.2. The fraction of sp³-hybridized carbons (Fsp3) is 0.571. The molecule has 0 N–H and O–H groups in total. The summed E-state index contributed by atoms with van der Waals surface area (Å²) in [7, 11) is 3.58. The third-order valence-electron chi connectivity index (χ3n) is 5.77. The maximum absolute atomic E-state index is 12.8. The third kappa shape index (κ3) is 3.98. The SMILES string of the molecule is CCCCN(C)C(=O)C1CCN(C(=O)Cn2c(=O)n(C)c3ccccc32)CC1. The summed E-state index contributed by atoms with van der Waals surface area (Å²) >= 11 is 0. The van der Waals surface area contributed by atoms with Crippen molar-refractivity contribution in [3.8, 4) is 0 Å². The predicted octanol–water partition coefficient (Wildman–Crippen LogP) is 1.84. The lowest BCUT2D eigenvalue weighted by molar-refractivity contribution is -0.140. The Morgan fingerprint density at radius 2 is 1.79 bits per heavy atom. The van der Waals surface area contributed by atoms with Gasteiger partial charge in [-0.3, -0.25) is 18.7 Å². The monoisotopic (exact) mass is 386 g/mol. The quantitative estimate of drug-likeness (QED) is 0.761. The Morgan fingerprint density at radius 1 is 1.14 bits per heavy atom. The second kappa shape index (κ2) is 8.63. The first-order valence-electron chi connectivity index (χ1n) is 10.1. The maximum Gasteiger partial charge on any atom is 0.329 e. The summed E-state index contributed by atoms with van der Waals surface area (Å²) in [6, 6.07) is 7.49. The molecule has 0 atom stereocenters. The molecule has 7 nitrogen and oxygen atoms in total. The average molecular weight is 386 g/mol. The first-order chi connectivity index (χ1) is 13.4. The van der Waals surface area contributed by atoms with E-state index in [1.54, 1.807) is 16.5 Å². The van der Waals surface area contributed by atoms with E-state index >= 15 is 0 Å². The average Bonchev–Trinajstić information content (AvgIpc) is 2.96. The van der Waals surface area contributed by atoms with Crippen LogP contribution < -0.4 is 5.69 Å². The van der Waals surface area contributed by atoms with Gasteiger partial charge in [-0.15, -0.1) is 0 Å². The van der Waals surface area contributed by atoms with Crippen molar-refractivity contribution in [3.63, 3.8) is 0 Å². The van der Waals surface area contributed by atoms with Gasteiger partial charge in [-0.25, -0.2) is 4.79 Å².